The van der Waals surface area contributed by atoms with Gasteiger partial charge in [-0.15, -0.1) is 0 Å². The predicted octanol–water partition coefficient (Wildman–Crippen LogP) is 10.0. The second kappa shape index (κ2) is 25.1. The molecule has 0 aromatic carbocycles. The van der Waals surface area contributed by atoms with E-state index in [-0.39, 0.29) is 34.9 Å². The molecule has 7 nitrogen and oxygen atoms in total. The molecule has 0 aliphatic heterocycles. The van der Waals surface area contributed by atoms with Gasteiger partial charge in [0.05, 0.1) is 12.2 Å². The van der Waals surface area contributed by atoms with E-state index in [0.29, 0.717) is 61.4 Å². The smallest absolute Gasteiger partial charge is 0.220 e. The molecule has 0 saturated heterocycles. The van der Waals surface area contributed by atoms with E-state index in [4.69, 9.17) is 0 Å². The van der Waals surface area contributed by atoms with Gasteiger partial charge in [-0.05, 0) is 156 Å². The average Bonchev–Trinajstić information content (AvgIpc) is 3.55. The molecule has 58 heavy (non-hydrogen) atoms. The minimum absolute atomic E-state index is 0.0774. The van der Waals surface area contributed by atoms with E-state index in [1.165, 1.54) is 25.7 Å². The van der Waals surface area contributed by atoms with Crippen LogP contribution in [0.4, 0.5) is 0 Å². The first-order chi connectivity index (χ1) is 28.0. The molecule has 10 atom stereocenters. The van der Waals surface area contributed by atoms with Gasteiger partial charge < -0.3 is 25.7 Å². The summed E-state index contributed by atoms with van der Waals surface area (Å²) in [7, 11) is 2.03. The van der Waals surface area contributed by atoms with Crippen LogP contribution < -0.4 is 10.6 Å². The van der Waals surface area contributed by atoms with Crippen molar-refractivity contribution in [2.45, 2.75) is 155 Å². The van der Waals surface area contributed by atoms with Gasteiger partial charge in [0, 0.05) is 39.0 Å². The van der Waals surface area contributed by atoms with Gasteiger partial charge in [-0.1, -0.05) is 101 Å². The van der Waals surface area contributed by atoms with E-state index >= 15 is 0 Å². The number of carbonyl (C=O) groups excluding carboxylic acids is 2. The highest BCUT2D eigenvalue weighted by Gasteiger charge is 2.62. The van der Waals surface area contributed by atoms with Crippen LogP contribution in [-0.4, -0.2) is 72.4 Å². The second-order valence-electron chi connectivity index (χ2n) is 18.9. The maximum atomic E-state index is 12.9. The SMILES string of the molecule is CC/C=C/C/C=C/C/C=C/C/C=C/C/C=C/C/C=C/CCC(=O)NCCN(C)CCNC(=O)CC[C@@H](C)C1CC[C@H]2[C@@H]3[C@H](O)C[C@@H]4C[C@H](O)CC[C@]4(C)[C@H]3CC[C@]12C. The van der Waals surface area contributed by atoms with Crippen LogP contribution in [-0.2, 0) is 9.59 Å². The van der Waals surface area contributed by atoms with E-state index < -0.39 is 0 Å². The van der Waals surface area contributed by atoms with E-state index in [9.17, 15) is 19.8 Å². The van der Waals surface area contributed by atoms with Crippen molar-refractivity contribution in [1.82, 2.24) is 15.5 Å². The maximum Gasteiger partial charge on any atom is 0.220 e. The summed E-state index contributed by atoms with van der Waals surface area (Å²) in [5.41, 5.74) is 0.493. The minimum atomic E-state index is -0.244. The number of aliphatic hydroxyl groups excluding tert-OH is 2. The molecule has 4 aliphatic rings. The Morgan fingerprint density at radius 2 is 1.21 bits per heavy atom. The quantitative estimate of drug-likeness (QED) is 0.0729. The molecule has 0 radical (unpaired) electrons. The lowest BCUT2D eigenvalue weighted by molar-refractivity contribution is -0.174. The normalized spacial score (nSPS) is 31.9. The van der Waals surface area contributed by atoms with Crippen molar-refractivity contribution in [3.63, 3.8) is 0 Å². The standard InChI is InChI=1S/C51H83N3O4/c1-6-7-8-9-10-11-12-13-14-15-16-17-18-19-20-21-22-23-24-25-47(57)52-34-36-54(5)37-35-53-48(58)29-26-40(2)43-27-28-44-49-45(31-33-51(43,44)4)50(3)32-30-42(55)38-41(50)39-46(49)56/h7-8,10-11,13-14,16-17,19-20,22-23,40-46,49,55-56H,6,9,12,15,18,21,24-39H2,1-5H3,(H,52,57)(H,53,58)/b8-7+,11-10+,14-13+,17-16+,20-19+,23-22+/t40-,41+,42-,43?,44+,45+,46-,49+,50+,51-/m1/s1. The first kappa shape index (κ1) is 47.9. The van der Waals surface area contributed by atoms with Crippen LogP contribution in [0.25, 0.3) is 0 Å². The highest BCUT2D eigenvalue weighted by atomic mass is 16.3. The van der Waals surface area contributed by atoms with E-state index in [1.807, 2.05) is 7.05 Å². The van der Waals surface area contributed by atoms with E-state index in [0.717, 1.165) is 90.1 Å². The third-order valence-corrected chi connectivity index (χ3v) is 15.0. The molecule has 0 bridgehead atoms. The summed E-state index contributed by atoms with van der Waals surface area (Å²) in [6, 6.07) is 0. The van der Waals surface area contributed by atoms with Crippen LogP contribution in [0.5, 0.6) is 0 Å². The lowest BCUT2D eigenvalue weighted by atomic mass is 9.43. The van der Waals surface area contributed by atoms with Gasteiger partial charge in [0.25, 0.3) is 0 Å². The molecule has 4 aliphatic carbocycles. The number of hydrogen-bond acceptors (Lipinski definition) is 5. The predicted molar refractivity (Wildman–Crippen MR) is 242 cm³/mol. The highest BCUT2D eigenvalue weighted by Crippen LogP contribution is 2.68. The number of hydrogen-bond donors (Lipinski definition) is 4. The number of nitrogens with one attached hydrogen (secondary N) is 2. The number of aliphatic hydroxyl groups is 2. The lowest BCUT2D eigenvalue weighted by Crippen LogP contribution is -2.58. The number of nitrogens with zero attached hydrogens (tertiary/aromatic N) is 1. The molecule has 4 rings (SSSR count). The van der Waals surface area contributed by atoms with Gasteiger partial charge in [0.2, 0.25) is 11.8 Å². The molecule has 0 aromatic heterocycles. The Kier molecular flexibility index (Phi) is 20.8. The average molecular weight is 802 g/mol. The van der Waals surface area contributed by atoms with Crippen LogP contribution in [0.1, 0.15) is 143 Å². The summed E-state index contributed by atoms with van der Waals surface area (Å²) in [5, 5.41) is 28.1. The fourth-order valence-electron chi connectivity index (χ4n) is 11.7. The Balaban J connectivity index is 0.999. The number of amides is 2. The van der Waals surface area contributed by atoms with Gasteiger partial charge in [-0.2, -0.15) is 0 Å². The molecule has 4 N–H and O–H groups in total. The zero-order valence-corrected chi connectivity index (χ0v) is 37.3. The van der Waals surface area contributed by atoms with Crippen molar-refractivity contribution >= 4 is 11.8 Å². The van der Waals surface area contributed by atoms with Crippen molar-refractivity contribution in [2.75, 3.05) is 33.2 Å². The Bertz CT molecular complexity index is 1420. The molecule has 0 aromatic rings. The van der Waals surface area contributed by atoms with Gasteiger partial charge in [0.15, 0.2) is 0 Å². The Morgan fingerprint density at radius 3 is 1.79 bits per heavy atom. The number of fused-ring (bicyclic) bond motifs is 5. The van der Waals surface area contributed by atoms with Crippen molar-refractivity contribution in [3.8, 4) is 0 Å². The molecule has 1 unspecified atom stereocenters. The summed E-state index contributed by atoms with van der Waals surface area (Å²) in [6.45, 7) is 12.2. The molecular formula is C51H83N3O4. The zero-order chi connectivity index (χ0) is 41.8. The number of carbonyl (C=O) groups is 2. The molecule has 7 heteroatoms. The summed E-state index contributed by atoms with van der Waals surface area (Å²) in [4.78, 5) is 27.3. The molecule has 4 fully saturated rings. The largest absolute Gasteiger partial charge is 0.393 e. The van der Waals surface area contributed by atoms with E-state index in [2.05, 4.69) is 116 Å². The monoisotopic (exact) mass is 802 g/mol. The molecule has 4 saturated carbocycles. The summed E-state index contributed by atoms with van der Waals surface area (Å²) < 4.78 is 0. The number of rotatable bonds is 24. The molecule has 0 spiro atoms. The van der Waals surface area contributed by atoms with Crippen molar-refractivity contribution in [2.24, 2.45) is 46.3 Å². The van der Waals surface area contributed by atoms with Crippen LogP contribution >= 0.6 is 0 Å². The van der Waals surface area contributed by atoms with Gasteiger partial charge in [-0.25, -0.2) is 0 Å². The summed E-state index contributed by atoms with van der Waals surface area (Å²) in [5.74, 6) is 3.26. The van der Waals surface area contributed by atoms with Crippen LogP contribution in [0.2, 0.25) is 0 Å². The third-order valence-electron chi connectivity index (χ3n) is 15.0. The second-order valence-corrected chi connectivity index (χ2v) is 18.9. The highest BCUT2D eigenvalue weighted by molar-refractivity contribution is 5.76. The van der Waals surface area contributed by atoms with Crippen LogP contribution in [0.3, 0.4) is 0 Å². The van der Waals surface area contributed by atoms with Crippen LogP contribution in [0, 0.1) is 46.3 Å². The van der Waals surface area contributed by atoms with Gasteiger partial charge in [0.1, 0.15) is 0 Å². The minimum Gasteiger partial charge on any atom is -0.393 e. The lowest BCUT2D eigenvalue weighted by Gasteiger charge is -2.62. The van der Waals surface area contributed by atoms with Crippen molar-refractivity contribution < 1.29 is 19.8 Å². The Labute approximate surface area is 354 Å². The maximum absolute atomic E-state index is 12.9. The molecule has 0 heterocycles. The summed E-state index contributed by atoms with van der Waals surface area (Å²) >= 11 is 0. The molecular weight excluding hydrogens is 719 g/mol. The first-order valence-corrected chi connectivity index (χ1v) is 23.5. The molecule has 326 valence electrons. The van der Waals surface area contributed by atoms with Crippen LogP contribution in [0.15, 0.2) is 72.9 Å². The molecule has 2 amide bonds. The van der Waals surface area contributed by atoms with Crippen molar-refractivity contribution in [1.29, 1.82) is 0 Å². The van der Waals surface area contributed by atoms with Gasteiger partial charge in [-0.3, -0.25) is 9.59 Å². The third kappa shape index (κ3) is 14.5. The van der Waals surface area contributed by atoms with Gasteiger partial charge >= 0.3 is 0 Å². The topological polar surface area (TPSA) is 102 Å². The Hall–Kier alpha value is -2.74. The van der Waals surface area contributed by atoms with E-state index in [1.54, 1.807) is 0 Å². The Morgan fingerprint density at radius 1 is 0.690 bits per heavy atom. The number of allylic oxidation sites excluding steroid dienone is 12. The first-order valence-electron chi connectivity index (χ1n) is 23.5. The fraction of sp³-hybridized carbons (Fsp3) is 0.725. The van der Waals surface area contributed by atoms with Crippen molar-refractivity contribution in [3.05, 3.63) is 72.9 Å². The fourth-order valence-corrected chi connectivity index (χ4v) is 11.7. The summed E-state index contributed by atoms with van der Waals surface area (Å²) in [6.07, 6.45) is 43.0. The zero-order valence-electron chi connectivity index (χ0n) is 37.3. The number of likely N-dealkylation sites (N-methyl/N-ethyl adjacent to an activating group) is 1.